The van der Waals surface area contributed by atoms with Crippen LogP contribution in [0.5, 0.6) is 0 Å². The van der Waals surface area contributed by atoms with E-state index in [-0.39, 0.29) is 4.90 Å². The van der Waals surface area contributed by atoms with Gasteiger partial charge in [-0.3, -0.25) is 9.54 Å². The van der Waals surface area contributed by atoms with E-state index in [2.05, 4.69) is 15.0 Å². The van der Waals surface area contributed by atoms with E-state index in [0.29, 0.717) is 21.9 Å². The lowest BCUT2D eigenvalue weighted by molar-refractivity contribution is 0.483. The van der Waals surface area contributed by atoms with Crippen molar-refractivity contribution in [2.24, 2.45) is 0 Å². The summed E-state index contributed by atoms with van der Waals surface area (Å²) in [6, 6.07) is 9.95. The first-order valence-corrected chi connectivity index (χ1v) is 8.45. The molecule has 0 unspecified atom stereocenters. The molecule has 1 aromatic carbocycles. The second-order valence-electron chi connectivity index (χ2n) is 4.31. The SMILES string of the molecule is O=S(=O)(O)c1ccc2[nH]c(SCc3ccccn3)nc2c1. The van der Waals surface area contributed by atoms with Crippen LogP contribution in [0.3, 0.4) is 0 Å². The van der Waals surface area contributed by atoms with Gasteiger partial charge in [0.05, 0.1) is 21.6 Å². The van der Waals surface area contributed by atoms with E-state index in [1.807, 2.05) is 18.2 Å². The molecule has 0 aliphatic rings. The van der Waals surface area contributed by atoms with Gasteiger partial charge in [-0.15, -0.1) is 0 Å². The Morgan fingerprint density at radius 1 is 1.24 bits per heavy atom. The minimum absolute atomic E-state index is 0.164. The van der Waals surface area contributed by atoms with Gasteiger partial charge in [0.2, 0.25) is 0 Å². The fourth-order valence-corrected chi connectivity index (χ4v) is 3.12. The van der Waals surface area contributed by atoms with E-state index in [0.717, 1.165) is 5.69 Å². The molecular formula is C13H11N3O3S2. The first-order chi connectivity index (χ1) is 10.0. The molecule has 2 aromatic heterocycles. The summed E-state index contributed by atoms with van der Waals surface area (Å²) in [5, 5.41) is 0.670. The summed E-state index contributed by atoms with van der Waals surface area (Å²) in [4.78, 5) is 11.5. The van der Waals surface area contributed by atoms with Gasteiger partial charge in [0, 0.05) is 11.9 Å². The van der Waals surface area contributed by atoms with Crippen LogP contribution in [0, 0.1) is 0 Å². The predicted octanol–water partition coefficient (Wildman–Crippen LogP) is 2.50. The molecule has 0 amide bonds. The summed E-state index contributed by atoms with van der Waals surface area (Å²) in [7, 11) is -4.21. The van der Waals surface area contributed by atoms with Crippen LogP contribution in [-0.4, -0.2) is 27.9 Å². The highest BCUT2D eigenvalue weighted by Crippen LogP contribution is 2.24. The third kappa shape index (κ3) is 3.23. The average molecular weight is 321 g/mol. The molecule has 0 aliphatic carbocycles. The Morgan fingerprint density at radius 3 is 2.81 bits per heavy atom. The lowest BCUT2D eigenvalue weighted by Crippen LogP contribution is -1.97. The van der Waals surface area contributed by atoms with Crippen LogP contribution in [0.1, 0.15) is 5.69 Å². The highest BCUT2D eigenvalue weighted by molar-refractivity contribution is 7.98. The van der Waals surface area contributed by atoms with Crippen LogP contribution in [0.15, 0.2) is 52.6 Å². The molecule has 2 heterocycles. The number of rotatable bonds is 4. The zero-order valence-electron chi connectivity index (χ0n) is 10.7. The van der Waals surface area contributed by atoms with Gasteiger partial charge in [-0.25, -0.2) is 4.98 Å². The second kappa shape index (κ2) is 5.47. The van der Waals surface area contributed by atoms with Crippen molar-refractivity contribution in [3.8, 4) is 0 Å². The number of hydrogen-bond donors (Lipinski definition) is 2. The lowest BCUT2D eigenvalue weighted by atomic mass is 10.3. The molecule has 0 radical (unpaired) electrons. The van der Waals surface area contributed by atoms with E-state index in [1.54, 1.807) is 12.3 Å². The zero-order valence-corrected chi connectivity index (χ0v) is 12.4. The van der Waals surface area contributed by atoms with Gasteiger partial charge in [-0.2, -0.15) is 8.42 Å². The van der Waals surface area contributed by atoms with Crippen molar-refractivity contribution in [1.29, 1.82) is 0 Å². The summed E-state index contributed by atoms with van der Waals surface area (Å²) in [6.07, 6.45) is 1.73. The molecule has 0 spiro atoms. The number of aromatic nitrogens is 3. The normalized spacial score (nSPS) is 11.9. The molecule has 0 atom stereocenters. The Labute approximate surface area is 125 Å². The highest BCUT2D eigenvalue weighted by atomic mass is 32.2. The zero-order chi connectivity index (χ0) is 14.9. The molecule has 3 rings (SSSR count). The predicted molar refractivity (Wildman–Crippen MR) is 79.7 cm³/mol. The first kappa shape index (κ1) is 14.1. The standard InChI is InChI=1S/C13H11N3O3S2/c17-21(18,19)10-4-5-11-12(7-10)16-13(15-11)20-8-9-3-1-2-6-14-9/h1-7H,8H2,(H,15,16)(H,17,18,19). The van der Waals surface area contributed by atoms with Crippen molar-refractivity contribution in [1.82, 2.24) is 15.0 Å². The van der Waals surface area contributed by atoms with Crippen molar-refractivity contribution in [2.45, 2.75) is 15.8 Å². The van der Waals surface area contributed by atoms with Crippen molar-refractivity contribution in [2.75, 3.05) is 0 Å². The molecule has 21 heavy (non-hydrogen) atoms. The third-order valence-electron chi connectivity index (χ3n) is 2.81. The van der Waals surface area contributed by atoms with Crippen LogP contribution in [-0.2, 0) is 15.9 Å². The maximum atomic E-state index is 11.1. The van der Waals surface area contributed by atoms with Gasteiger partial charge in [-0.05, 0) is 30.3 Å². The van der Waals surface area contributed by atoms with E-state index < -0.39 is 10.1 Å². The molecular weight excluding hydrogens is 310 g/mol. The summed E-state index contributed by atoms with van der Waals surface area (Å²) in [6.45, 7) is 0. The quantitative estimate of drug-likeness (QED) is 0.566. The van der Waals surface area contributed by atoms with Gasteiger partial charge in [-0.1, -0.05) is 17.8 Å². The number of hydrogen-bond acceptors (Lipinski definition) is 5. The minimum atomic E-state index is -4.21. The Hall–Kier alpha value is -1.90. The summed E-state index contributed by atoms with van der Waals surface area (Å²) < 4.78 is 31.2. The topological polar surface area (TPSA) is 95.9 Å². The van der Waals surface area contributed by atoms with Crippen molar-refractivity contribution in [3.05, 3.63) is 48.3 Å². The van der Waals surface area contributed by atoms with E-state index in [1.165, 1.54) is 23.9 Å². The second-order valence-corrected chi connectivity index (χ2v) is 6.69. The fraction of sp³-hybridized carbons (Fsp3) is 0.0769. The highest BCUT2D eigenvalue weighted by Gasteiger charge is 2.12. The van der Waals surface area contributed by atoms with Gasteiger partial charge < -0.3 is 4.98 Å². The van der Waals surface area contributed by atoms with Gasteiger partial charge in [0.25, 0.3) is 10.1 Å². The molecule has 0 saturated carbocycles. The van der Waals surface area contributed by atoms with Crippen LogP contribution >= 0.6 is 11.8 Å². The Bertz CT molecular complexity index is 876. The molecule has 8 heteroatoms. The summed E-state index contributed by atoms with van der Waals surface area (Å²) in [5.41, 5.74) is 2.14. The van der Waals surface area contributed by atoms with Gasteiger partial charge in [0.15, 0.2) is 5.16 Å². The van der Waals surface area contributed by atoms with Crippen LogP contribution in [0.25, 0.3) is 11.0 Å². The molecule has 0 aliphatic heterocycles. The largest absolute Gasteiger partial charge is 0.333 e. The molecule has 3 aromatic rings. The van der Waals surface area contributed by atoms with Gasteiger partial charge >= 0.3 is 0 Å². The van der Waals surface area contributed by atoms with Crippen molar-refractivity contribution in [3.63, 3.8) is 0 Å². The maximum absolute atomic E-state index is 11.1. The van der Waals surface area contributed by atoms with Crippen molar-refractivity contribution >= 4 is 32.9 Å². The molecule has 2 N–H and O–H groups in total. The molecule has 108 valence electrons. The number of imidazole rings is 1. The van der Waals surface area contributed by atoms with E-state index in [9.17, 15) is 8.42 Å². The average Bonchev–Trinajstić information content (AvgIpc) is 2.87. The Morgan fingerprint density at radius 2 is 2.10 bits per heavy atom. The fourth-order valence-electron chi connectivity index (χ4n) is 1.82. The number of nitrogens with zero attached hydrogens (tertiary/aromatic N) is 2. The van der Waals surface area contributed by atoms with E-state index in [4.69, 9.17) is 4.55 Å². The molecule has 0 fully saturated rings. The third-order valence-corrected chi connectivity index (χ3v) is 4.57. The number of thioether (sulfide) groups is 1. The monoisotopic (exact) mass is 321 g/mol. The molecule has 6 nitrogen and oxygen atoms in total. The number of benzene rings is 1. The van der Waals surface area contributed by atoms with Crippen LogP contribution in [0.2, 0.25) is 0 Å². The van der Waals surface area contributed by atoms with Crippen LogP contribution in [0.4, 0.5) is 0 Å². The number of aromatic amines is 1. The Balaban J connectivity index is 1.84. The van der Waals surface area contributed by atoms with Crippen molar-refractivity contribution < 1.29 is 13.0 Å². The molecule has 0 saturated heterocycles. The number of H-pyrrole nitrogens is 1. The summed E-state index contributed by atoms with van der Waals surface area (Å²) >= 11 is 1.47. The minimum Gasteiger partial charge on any atom is -0.333 e. The molecule has 0 bridgehead atoms. The van der Waals surface area contributed by atoms with Crippen LogP contribution < -0.4 is 0 Å². The first-order valence-electron chi connectivity index (χ1n) is 6.02. The number of pyridine rings is 1. The van der Waals surface area contributed by atoms with Gasteiger partial charge in [0.1, 0.15) is 0 Å². The lowest BCUT2D eigenvalue weighted by Gasteiger charge is -1.96. The number of nitrogens with one attached hydrogen (secondary N) is 1. The van der Waals surface area contributed by atoms with E-state index >= 15 is 0 Å². The number of fused-ring (bicyclic) bond motifs is 1. The maximum Gasteiger partial charge on any atom is 0.294 e. The smallest absolute Gasteiger partial charge is 0.294 e. The Kier molecular flexibility index (Phi) is 3.66. The summed E-state index contributed by atoms with van der Waals surface area (Å²) in [5.74, 6) is 0.659.